The number of allylic oxidation sites excluding steroid dienone is 1. The molecule has 0 spiro atoms. The molecule has 2 aromatic rings. The molecule has 2 aliphatic heterocycles. The predicted molar refractivity (Wildman–Crippen MR) is 94.7 cm³/mol. The topological polar surface area (TPSA) is 92.5 Å². The zero-order chi connectivity index (χ0) is 18.3. The lowest BCUT2D eigenvalue weighted by molar-refractivity contribution is -0.384. The number of amides is 1. The Morgan fingerprint density at radius 2 is 1.69 bits per heavy atom. The van der Waals surface area contributed by atoms with Crippen molar-refractivity contribution in [3.05, 3.63) is 93.8 Å². The number of carbonyl (C=O) groups excluding carboxylic acids is 2. The van der Waals surface area contributed by atoms with Gasteiger partial charge >= 0.3 is 0 Å². The molecule has 0 aliphatic carbocycles. The first-order valence-corrected chi connectivity index (χ1v) is 7.93. The van der Waals surface area contributed by atoms with E-state index in [0.717, 1.165) is 0 Å². The van der Waals surface area contributed by atoms with Crippen LogP contribution in [-0.4, -0.2) is 27.6 Å². The van der Waals surface area contributed by atoms with E-state index in [1.165, 1.54) is 17.0 Å². The normalized spacial score (nSPS) is 18.1. The molecular formula is C19H13N3O4. The number of non-ortho nitro benzene ring substituents is 1. The highest BCUT2D eigenvalue weighted by molar-refractivity contribution is 6.21. The first-order chi connectivity index (χ1) is 12.5. The summed E-state index contributed by atoms with van der Waals surface area (Å²) in [5.74, 6) is -0.448. The molecule has 0 fully saturated rings. The van der Waals surface area contributed by atoms with Crippen LogP contribution in [0.3, 0.4) is 0 Å². The van der Waals surface area contributed by atoms with Gasteiger partial charge in [-0.25, -0.2) is 0 Å². The van der Waals surface area contributed by atoms with Gasteiger partial charge in [-0.2, -0.15) is 0 Å². The van der Waals surface area contributed by atoms with Gasteiger partial charge in [0.05, 0.1) is 22.2 Å². The van der Waals surface area contributed by atoms with Crippen molar-refractivity contribution in [3.8, 4) is 0 Å². The van der Waals surface area contributed by atoms with Crippen LogP contribution in [0.4, 0.5) is 11.4 Å². The molecule has 0 saturated carbocycles. The summed E-state index contributed by atoms with van der Waals surface area (Å²) in [6.45, 7) is 0. The van der Waals surface area contributed by atoms with Crippen LogP contribution in [-0.2, 0) is 0 Å². The third-order valence-electron chi connectivity index (χ3n) is 4.30. The largest absolute Gasteiger partial charge is 0.375 e. The molecule has 0 aromatic heterocycles. The smallest absolute Gasteiger partial charge is 0.269 e. The zero-order valence-corrected chi connectivity index (χ0v) is 13.5. The Bertz CT molecular complexity index is 992. The Hall–Kier alpha value is -3.74. The molecule has 0 saturated heterocycles. The molecule has 4 rings (SSSR count). The van der Waals surface area contributed by atoms with Gasteiger partial charge in [-0.3, -0.25) is 24.6 Å². The minimum atomic E-state index is -0.464. The summed E-state index contributed by atoms with van der Waals surface area (Å²) in [6.07, 6.45) is 5.01. The maximum Gasteiger partial charge on any atom is 0.269 e. The minimum absolute atomic E-state index is 0.00364. The fraction of sp³-hybridized carbons (Fsp3) is 0.0526. The van der Waals surface area contributed by atoms with Crippen molar-refractivity contribution < 1.29 is 14.5 Å². The lowest BCUT2D eigenvalue weighted by Crippen LogP contribution is -2.39. The number of nitro benzene ring substituents is 1. The average Bonchev–Trinajstić information content (AvgIpc) is 2.66. The van der Waals surface area contributed by atoms with Crippen molar-refractivity contribution >= 4 is 23.1 Å². The predicted octanol–water partition coefficient (Wildman–Crippen LogP) is 3.13. The van der Waals surface area contributed by atoms with Crippen molar-refractivity contribution in [3.63, 3.8) is 0 Å². The second kappa shape index (κ2) is 5.96. The molecule has 1 N–H and O–H groups in total. The van der Waals surface area contributed by atoms with Crippen LogP contribution in [0, 0.1) is 10.1 Å². The van der Waals surface area contributed by atoms with Gasteiger partial charge in [-0.1, -0.05) is 18.2 Å². The van der Waals surface area contributed by atoms with Crippen molar-refractivity contribution in [2.45, 2.75) is 6.04 Å². The number of anilines is 1. The summed E-state index contributed by atoms with van der Waals surface area (Å²) >= 11 is 0. The van der Waals surface area contributed by atoms with Crippen LogP contribution in [0.5, 0.6) is 0 Å². The number of nitrogens with one attached hydrogen (secondary N) is 1. The van der Waals surface area contributed by atoms with Gasteiger partial charge in [0.1, 0.15) is 0 Å². The number of hydrogen-bond donors (Lipinski definition) is 1. The third-order valence-corrected chi connectivity index (χ3v) is 4.30. The van der Waals surface area contributed by atoms with E-state index in [2.05, 4.69) is 5.32 Å². The minimum Gasteiger partial charge on any atom is -0.375 e. The van der Waals surface area contributed by atoms with E-state index in [9.17, 15) is 19.7 Å². The number of benzene rings is 2. The first-order valence-electron chi connectivity index (χ1n) is 7.93. The molecule has 0 radical (unpaired) electrons. The maximum absolute atomic E-state index is 12.7. The molecule has 0 bridgehead atoms. The Balaban J connectivity index is 1.61. The standard InChI is InChI=1S/C19H13N3O4/c23-18-15-3-1-2-4-16(15)19(24)21-10-9-13(11-17(18)21)20-12-5-7-14(8-6-12)22(25)26/h1-11,13,20H. The fourth-order valence-electron chi connectivity index (χ4n) is 3.02. The van der Waals surface area contributed by atoms with Crippen LogP contribution in [0.2, 0.25) is 0 Å². The number of rotatable bonds is 3. The molecule has 1 unspecified atom stereocenters. The van der Waals surface area contributed by atoms with Gasteiger partial charge in [0.25, 0.3) is 11.6 Å². The van der Waals surface area contributed by atoms with Crippen LogP contribution >= 0.6 is 0 Å². The molecule has 2 aliphatic rings. The number of hydrogen-bond acceptors (Lipinski definition) is 5. The van der Waals surface area contributed by atoms with Crippen LogP contribution in [0.1, 0.15) is 20.7 Å². The van der Waals surface area contributed by atoms with E-state index in [-0.39, 0.29) is 23.4 Å². The van der Waals surface area contributed by atoms with E-state index < -0.39 is 4.92 Å². The van der Waals surface area contributed by atoms with E-state index in [4.69, 9.17) is 0 Å². The van der Waals surface area contributed by atoms with Crippen LogP contribution < -0.4 is 5.32 Å². The molecule has 26 heavy (non-hydrogen) atoms. The summed E-state index contributed by atoms with van der Waals surface area (Å²) in [5, 5.41) is 13.9. The number of ketones is 1. The summed E-state index contributed by atoms with van der Waals surface area (Å²) in [7, 11) is 0. The summed E-state index contributed by atoms with van der Waals surface area (Å²) < 4.78 is 0. The van der Waals surface area contributed by atoms with Crippen molar-refractivity contribution in [1.29, 1.82) is 0 Å². The summed E-state index contributed by atoms with van der Waals surface area (Å²) in [6, 6.07) is 12.4. The molecule has 7 nitrogen and oxygen atoms in total. The number of fused-ring (bicyclic) bond motifs is 2. The molecule has 2 heterocycles. The Kier molecular flexibility index (Phi) is 3.62. The maximum atomic E-state index is 12.7. The van der Waals surface area contributed by atoms with E-state index in [0.29, 0.717) is 22.5 Å². The van der Waals surface area contributed by atoms with E-state index >= 15 is 0 Å². The lowest BCUT2D eigenvalue weighted by Gasteiger charge is -2.31. The van der Waals surface area contributed by atoms with E-state index in [1.807, 2.05) is 0 Å². The summed E-state index contributed by atoms with van der Waals surface area (Å²) in [4.78, 5) is 36.9. The number of carbonyl (C=O) groups is 2. The lowest BCUT2D eigenvalue weighted by atomic mass is 9.93. The monoisotopic (exact) mass is 347 g/mol. The second-order valence-electron chi connectivity index (χ2n) is 5.92. The first kappa shape index (κ1) is 15.8. The SMILES string of the molecule is O=C1C2=CC(Nc3ccc([N+](=O)[O-])cc3)C=CN2C(=O)c2ccccc21. The Morgan fingerprint density at radius 1 is 1.00 bits per heavy atom. The highest BCUT2D eigenvalue weighted by Gasteiger charge is 2.35. The van der Waals surface area contributed by atoms with Crippen molar-refractivity contribution in [1.82, 2.24) is 4.90 Å². The number of nitrogens with zero attached hydrogens (tertiary/aromatic N) is 2. The van der Waals surface area contributed by atoms with Crippen molar-refractivity contribution in [2.24, 2.45) is 0 Å². The molecule has 1 atom stereocenters. The average molecular weight is 347 g/mol. The highest BCUT2D eigenvalue weighted by atomic mass is 16.6. The van der Waals surface area contributed by atoms with Gasteiger partial charge in [0, 0.05) is 29.6 Å². The molecule has 1 amide bonds. The third kappa shape index (κ3) is 2.55. The molecule has 7 heteroatoms. The Labute approximate surface area is 148 Å². The van der Waals surface area contributed by atoms with Gasteiger partial charge in [-0.05, 0) is 30.4 Å². The van der Waals surface area contributed by atoms with Gasteiger partial charge < -0.3 is 5.32 Å². The Morgan fingerprint density at radius 3 is 2.38 bits per heavy atom. The highest BCUT2D eigenvalue weighted by Crippen LogP contribution is 2.29. The molecule has 128 valence electrons. The van der Waals surface area contributed by atoms with Crippen molar-refractivity contribution in [2.75, 3.05) is 5.32 Å². The van der Waals surface area contributed by atoms with Gasteiger partial charge in [-0.15, -0.1) is 0 Å². The quantitative estimate of drug-likeness (QED) is 0.680. The zero-order valence-electron chi connectivity index (χ0n) is 13.5. The molecule has 2 aromatic carbocycles. The second-order valence-corrected chi connectivity index (χ2v) is 5.92. The number of nitro groups is 1. The fourth-order valence-corrected chi connectivity index (χ4v) is 3.02. The number of Topliss-reactive ketones (excluding diaryl/α,β-unsaturated/α-hetero) is 1. The van der Waals surface area contributed by atoms with Crippen LogP contribution in [0.15, 0.2) is 72.6 Å². The van der Waals surface area contributed by atoms with Gasteiger partial charge in [0.2, 0.25) is 5.78 Å². The van der Waals surface area contributed by atoms with Crippen LogP contribution in [0.25, 0.3) is 0 Å². The molecular weight excluding hydrogens is 334 g/mol. The van der Waals surface area contributed by atoms with E-state index in [1.54, 1.807) is 54.8 Å². The van der Waals surface area contributed by atoms with Gasteiger partial charge in [0.15, 0.2) is 0 Å². The summed E-state index contributed by atoms with van der Waals surface area (Å²) in [5.41, 5.74) is 1.76.